The quantitative estimate of drug-likeness (QED) is 0.351. The van der Waals surface area contributed by atoms with Crippen LogP contribution in [0.3, 0.4) is 0 Å². The van der Waals surface area contributed by atoms with Gasteiger partial charge in [0.05, 0.1) is 11.3 Å². The van der Waals surface area contributed by atoms with Gasteiger partial charge < -0.3 is 0 Å². The standard InChI is InChI=1S/C27H21N/c1-4-12-22(13-5-1)20-25-18-10-11-19-27(25)28-21-26(23-14-6-2-7-15-23)24-16-8-3-9-17-24/h1-19H,20H2. The third kappa shape index (κ3) is 4.35. The molecule has 1 heteroatoms. The molecule has 0 bridgehead atoms. The van der Waals surface area contributed by atoms with E-state index in [0.29, 0.717) is 0 Å². The van der Waals surface area contributed by atoms with Crippen LogP contribution in [-0.4, -0.2) is 5.87 Å². The van der Waals surface area contributed by atoms with Crippen molar-refractivity contribution in [3.8, 4) is 0 Å². The molecule has 0 fully saturated rings. The molecule has 0 N–H and O–H groups in total. The Morgan fingerprint density at radius 2 is 1.07 bits per heavy atom. The largest absolute Gasteiger partial charge is 0.205 e. The first-order chi connectivity index (χ1) is 13.9. The molecule has 0 heterocycles. The van der Waals surface area contributed by atoms with E-state index in [2.05, 4.69) is 72.6 Å². The van der Waals surface area contributed by atoms with Crippen LogP contribution in [0.5, 0.6) is 0 Å². The molecule has 1 nitrogen and oxygen atoms in total. The molecule has 0 unspecified atom stereocenters. The van der Waals surface area contributed by atoms with Gasteiger partial charge in [0, 0.05) is 0 Å². The van der Waals surface area contributed by atoms with Crippen molar-refractivity contribution < 1.29 is 0 Å². The minimum Gasteiger partial charge on any atom is -0.205 e. The lowest BCUT2D eigenvalue weighted by atomic mass is 9.99. The molecule has 0 amide bonds. The Bertz CT molecular complexity index is 1050. The van der Waals surface area contributed by atoms with Crippen molar-refractivity contribution >= 4 is 17.1 Å². The number of benzene rings is 4. The van der Waals surface area contributed by atoms with Crippen LogP contribution in [0.25, 0.3) is 5.57 Å². The van der Waals surface area contributed by atoms with Gasteiger partial charge in [-0.25, -0.2) is 4.99 Å². The van der Waals surface area contributed by atoms with Gasteiger partial charge in [-0.1, -0.05) is 109 Å². The second-order valence-electron chi connectivity index (χ2n) is 6.62. The summed E-state index contributed by atoms with van der Waals surface area (Å²) in [6.45, 7) is 0. The maximum absolute atomic E-state index is 4.77. The van der Waals surface area contributed by atoms with E-state index in [9.17, 15) is 0 Å². The van der Waals surface area contributed by atoms with Crippen molar-refractivity contribution in [2.24, 2.45) is 4.99 Å². The molecule has 4 aromatic rings. The van der Waals surface area contributed by atoms with E-state index in [0.717, 1.165) is 28.8 Å². The van der Waals surface area contributed by atoms with Crippen LogP contribution in [0.15, 0.2) is 120 Å². The molecule has 0 aliphatic carbocycles. The van der Waals surface area contributed by atoms with Gasteiger partial charge in [-0.3, -0.25) is 0 Å². The average molecular weight is 359 g/mol. The Labute approximate surface area is 166 Å². The van der Waals surface area contributed by atoms with Crippen molar-refractivity contribution in [2.75, 3.05) is 0 Å². The summed E-state index contributed by atoms with van der Waals surface area (Å²) in [4.78, 5) is 4.77. The SMILES string of the molecule is C(=Nc1ccccc1Cc1ccccc1)=C(c1ccccc1)c1ccccc1. The smallest absolute Gasteiger partial charge is 0.0765 e. The molecule has 0 saturated heterocycles. The van der Waals surface area contributed by atoms with E-state index >= 15 is 0 Å². The van der Waals surface area contributed by atoms with Crippen LogP contribution in [-0.2, 0) is 6.42 Å². The van der Waals surface area contributed by atoms with Crippen LogP contribution in [0, 0.1) is 0 Å². The van der Waals surface area contributed by atoms with Crippen molar-refractivity contribution in [1.29, 1.82) is 0 Å². The number of aliphatic imine (C=N–C) groups is 1. The topological polar surface area (TPSA) is 12.4 Å². The van der Waals surface area contributed by atoms with Crippen LogP contribution in [0.4, 0.5) is 5.69 Å². The first kappa shape index (κ1) is 17.7. The molecule has 0 atom stereocenters. The second-order valence-corrected chi connectivity index (χ2v) is 6.62. The van der Waals surface area contributed by atoms with Crippen molar-refractivity contribution in [1.82, 2.24) is 0 Å². The highest BCUT2D eigenvalue weighted by atomic mass is 14.7. The molecule has 0 spiro atoms. The first-order valence-corrected chi connectivity index (χ1v) is 9.46. The van der Waals surface area contributed by atoms with Crippen molar-refractivity contribution in [2.45, 2.75) is 6.42 Å². The molecular formula is C27H21N. The van der Waals surface area contributed by atoms with Crippen LogP contribution >= 0.6 is 0 Å². The predicted octanol–water partition coefficient (Wildman–Crippen LogP) is 6.71. The van der Waals surface area contributed by atoms with Gasteiger partial charge in [0.15, 0.2) is 0 Å². The highest BCUT2D eigenvalue weighted by molar-refractivity contribution is 5.99. The monoisotopic (exact) mass is 359 g/mol. The Balaban J connectivity index is 1.77. The first-order valence-electron chi connectivity index (χ1n) is 9.46. The normalized spacial score (nSPS) is 10.1. The summed E-state index contributed by atoms with van der Waals surface area (Å²) >= 11 is 0. The molecule has 0 radical (unpaired) electrons. The number of rotatable bonds is 5. The van der Waals surface area contributed by atoms with Crippen LogP contribution in [0.1, 0.15) is 22.3 Å². The fraction of sp³-hybridized carbons (Fsp3) is 0.0370. The molecule has 0 saturated carbocycles. The number of hydrogen-bond acceptors (Lipinski definition) is 1. The van der Waals surface area contributed by atoms with Gasteiger partial charge in [-0.15, -0.1) is 0 Å². The van der Waals surface area contributed by atoms with E-state index in [4.69, 9.17) is 4.99 Å². The number of hydrogen-bond donors (Lipinski definition) is 0. The summed E-state index contributed by atoms with van der Waals surface area (Å²) in [6, 6.07) is 39.4. The Kier molecular flexibility index (Phi) is 5.58. The fourth-order valence-corrected chi connectivity index (χ4v) is 3.21. The number of para-hydroxylation sites is 1. The average Bonchev–Trinajstić information content (AvgIpc) is 2.77. The maximum Gasteiger partial charge on any atom is 0.0765 e. The van der Waals surface area contributed by atoms with E-state index in [1.54, 1.807) is 0 Å². The van der Waals surface area contributed by atoms with Gasteiger partial charge >= 0.3 is 0 Å². The molecule has 4 aromatic carbocycles. The van der Waals surface area contributed by atoms with Crippen molar-refractivity contribution in [3.63, 3.8) is 0 Å². The Hall–Kier alpha value is -3.67. The van der Waals surface area contributed by atoms with E-state index in [-0.39, 0.29) is 0 Å². The van der Waals surface area contributed by atoms with Crippen LogP contribution in [0.2, 0.25) is 0 Å². The lowest BCUT2D eigenvalue weighted by Gasteiger charge is -2.06. The lowest BCUT2D eigenvalue weighted by Crippen LogP contribution is -1.90. The summed E-state index contributed by atoms with van der Waals surface area (Å²) in [7, 11) is 0. The molecule has 0 aromatic heterocycles. The van der Waals surface area contributed by atoms with Crippen LogP contribution < -0.4 is 0 Å². The van der Waals surface area contributed by atoms with Gasteiger partial charge in [0.1, 0.15) is 0 Å². The van der Waals surface area contributed by atoms with Gasteiger partial charge in [0.25, 0.3) is 0 Å². The highest BCUT2D eigenvalue weighted by Gasteiger charge is 2.05. The summed E-state index contributed by atoms with van der Waals surface area (Å²) in [5.41, 5.74) is 6.64. The molecule has 134 valence electrons. The summed E-state index contributed by atoms with van der Waals surface area (Å²) in [5.74, 6) is 3.34. The predicted molar refractivity (Wildman–Crippen MR) is 118 cm³/mol. The molecule has 0 aliphatic heterocycles. The molecule has 4 rings (SSSR count). The molecular weight excluding hydrogens is 338 g/mol. The van der Waals surface area contributed by atoms with Gasteiger partial charge in [-0.05, 0) is 40.6 Å². The Morgan fingerprint density at radius 3 is 1.68 bits per heavy atom. The minimum absolute atomic E-state index is 0.855. The zero-order valence-corrected chi connectivity index (χ0v) is 15.6. The number of nitrogens with zero attached hydrogens (tertiary/aromatic N) is 1. The lowest BCUT2D eigenvalue weighted by molar-refractivity contribution is 1.18. The Morgan fingerprint density at radius 1 is 0.571 bits per heavy atom. The van der Waals surface area contributed by atoms with E-state index in [1.807, 2.05) is 48.5 Å². The van der Waals surface area contributed by atoms with Gasteiger partial charge in [0.2, 0.25) is 0 Å². The summed E-state index contributed by atoms with van der Waals surface area (Å²) in [6.07, 6.45) is 0.855. The second kappa shape index (κ2) is 8.81. The third-order valence-electron chi connectivity index (χ3n) is 4.64. The maximum atomic E-state index is 4.77. The zero-order valence-electron chi connectivity index (χ0n) is 15.6. The van der Waals surface area contributed by atoms with E-state index < -0.39 is 0 Å². The van der Waals surface area contributed by atoms with Gasteiger partial charge in [-0.2, -0.15) is 0 Å². The van der Waals surface area contributed by atoms with Crippen molar-refractivity contribution in [3.05, 3.63) is 138 Å². The summed E-state index contributed by atoms with van der Waals surface area (Å²) in [5, 5.41) is 0. The molecule has 0 aliphatic rings. The summed E-state index contributed by atoms with van der Waals surface area (Å²) < 4.78 is 0. The molecule has 28 heavy (non-hydrogen) atoms. The van der Waals surface area contributed by atoms with E-state index in [1.165, 1.54) is 11.1 Å². The fourth-order valence-electron chi connectivity index (χ4n) is 3.21. The minimum atomic E-state index is 0.855. The zero-order chi connectivity index (χ0) is 19.0. The highest BCUT2D eigenvalue weighted by Crippen LogP contribution is 2.24. The third-order valence-corrected chi connectivity index (χ3v) is 4.64.